The monoisotopic (exact) mass is 512 g/mol. The number of rotatable bonds is 7. The van der Waals surface area contributed by atoms with Gasteiger partial charge in [-0.2, -0.15) is 0 Å². The lowest BCUT2D eigenvalue weighted by molar-refractivity contribution is 0.102. The Bertz CT molecular complexity index is 1350. The summed E-state index contributed by atoms with van der Waals surface area (Å²) in [7, 11) is 2.18. The van der Waals surface area contributed by atoms with Crippen molar-refractivity contribution in [2.75, 3.05) is 30.8 Å². The van der Waals surface area contributed by atoms with Crippen LogP contribution in [0.2, 0.25) is 5.02 Å². The number of likely N-dealkylation sites (tertiary alicyclic amines) is 1. The molecule has 1 aliphatic heterocycles. The quantitative estimate of drug-likeness (QED) is 0.312. The Labute approximate surface area is 221 Å². The van der Waals surface area contributed by atoms with Crippen LogP contribution in [0.3, 0.4) is 0 Å². The molecule has 0 spiro atoms. The van der Waals surface area contributed by atoms with E-state index in [9.17, 15) is 4.79 Å². The first-order chi connectivity index (χ1) is 18.0. The third-order valence-electron chi connectivity index (χ3n) is 6.66. The summed E-state index contributed by atoms with van der Waals surface area (Å²) in [5.74, 6) is 0.936. The Morgan fingerprint density at radius 3 is 2.62 bits per heavy atom. The van der Waals surface area contributed by atoms with E-state index < -0.39 is 0 Å². The number of benzene rings is 2. The molecule has 188 valence electrons. The molecule has 2 aromatic heterocycles. The van der Waals surface area contributed by atoms with Gasteiger partial charge in [0.05, 0.1) is 16.4 Å². The van der Waals surface area contributed by atoms with E-state index in [-0.39, 0.29) is 5.91 Å². The van der Waals surface area contributed by atoms with E-state index in [1.165, 1.54) is 18.4 Å². The molecule has 2 aromatic carbocycles. The molecule has 4 aromatic rings. The van der Waals surface area contributed by atoms with Crippen LogP contribution in [0.4, 0.5) is 17.3 Å². The average Bonchev–Trinajstić information content (AvgIpc) is 2.93. The highest BCUT2D eigenvalue weighted by molar-refractivity contribution is 6.33. The smallest absolute Gasteiger partial charge is 0.255 e. The van der Waals surface area contributed by atoms with Crippen LogP contribution in [0.25, 0.3) is 11.3 Å². The predicted molar refractivity (Wildman–Crippen MR) is 148 cm³/mol. The zero-order chi connectivity index (χ0) is 25.6. The van der Waals surface area contributed by atoms with Crippen molar-refractivity contribution in [3.63, 3.8) is 0 Å². The minimum absolute atomic E-state index is 0.172. The molecule has 1 fully saturated rings. The Kier molecular flexibility index (Phi) is 7.73. The highest BCUT2D eigenvalue weighted by Crippen LogP contribution is 2.29. The number of anilines is 3. The summed E-state index contributed by atoms with van der Waals surface area (Å²) >= 11 is 6.42. The molecule has 1 aliphatic rings. The second kappa shape index (κ2) is 11.5. The highest BCUT2D eigenvalue weighted by atomic mass is 35.5. The number of nitrogens with one attached hydrogen (secondary N) is 2. The number of hydrogen-bond acceptors (Lipinski definition) is 6. The van der Waals surface area contributed by atoms with Crippen LogP contribution in [-0.2, 0) is 6.42 Å². The van der Waals surface area contributed by atoms with Crippen molar-refractivity contribution >= 4 is 34.8 Å². The van der Waals surface area contributed by atoms with E-state index in [1.807, 2.05) is 30.3 Å². The predicted octanol–water partition coefficient (Wildman–Crippen LogP) is 6.07. The van der Waals surface area contributed by atoms with Gasteiger partial charge in [0.25, 0.3) is 5.91 Å². The molecule has 0 aliphatic carbocycles. The van der Waals surface area contributed by atoms with Crippen LogP contribution in [0.5, 0.6) is 0 Å². The van der Waals surface area contributed by atoms with Gasteiger partial charge in [-0.15, -0.1) is 0 Å². The van der Waals surface area contributed by atoms with Gasteiger partial charge >= 0.3 is 0 Å². The summed E-state index contributed by atoms with van der Waals surface area (Å²) in [4.78, 5) is 28.3. The molecule has 2 N–H and O–H groups in total. The number of carbonyl (C=O) groups excluding carboxylic acids is 1. The van der Waals surface area contributed by atoms with Crippen molar-refractivity contribution in [3.8, 4) is 11.3 Å². The van der Waals surface area contributed by atoms with E-state index >= 15 is 0 Å². The minimum atomic E-state index is -0.172. The maximum absolute atomic E-state index is 12.9. The van der Waals surface area contributed by atoms with Gasteiger partial charge in [-0.05, 0) is 99.4 Å². The second-order valence-corrected chi connectivity index (χ2v) is 9.84. The average molecular weight is 513 g/mol. The van der Waals surface area contributed by atoms with Crippen molar-refractivity contribution in [1.82, 2.24) is 19.9 Å². The zero-order valence-electron chi connectivity index (χ0n) is 20.7. The normalized spacial score (nSPS) is 14.3. The largest absolute Gasteiger partial charge is 0.323 e. The first-order valence-electron chi connectivity index (χ1n) is 12.4. The van der Waals surface area contributed by atoms with Crippen molar-refractivity contribution in [2.45, 2.75) is 19.3 Å². The van der Waals surface area contributed by atoms with Crippen LogP contribution in [0, 0.1) is 5.92 Å². The van der Waals surface area contributed by atoms with Crippen LogP contribution in [-0.4, -0.2) is 45.9 Å². The molecule has 1 amide bonds. The lowest BCUT2D eigenvalue weighted by Gasteiger charge is -2.28. The number of aromatic nitrogens is 3. The van der Waals surface area contributed by atoms with Gasteiger partial charge in [-0.3, -0.25) is 9.78 Å². The number of nitrogens with zero attached hydrogens (tertiary/aromatic N) is 4. The molecule has 0 unspecified atom stereocenters. The maximum atomic E-state index is 12.9. The van der Waals surface area contributed by atoms with Gasteiger partial charge in [0.1, 0.15) is 0 Å². The van der Waals surface area contributed by atoms with Crippen molar-refractivity contribution in [2.24, 2.45) is 5.92 Å². The highest BCUT2D eigenvalue weighted by Gasteiger charge is 2.17. The van der Waals surface area contributed by atoms with Gasteiger partial charge in [0, 0.05) is 35.4 Å². The summed E-state index contributed by atoms with van der Waals surface area (Å²) in [5, 5.41) is 6.61. The third-order valence-corrected chi connectivity index (χ3v) is 6.99. The van der Waals surface area contributed by atoms with E-state index in [4.69, 9.17) is 11.6 Å². The minimum Gasteiger partial charge on any atom is -0.323 e. The summed E-state index contributed by atoms with van der Waals surface area (Å²) < 4.78 is 0. The Morgan fingerprint density at radius 1 is 1.05 bits per heavy atom. The van der Waals surface area contributed by atoms with Crippen LogP contribution >= 0.6 is 11.6 Å². The van der Waals surface area contributed by atoms with Gasteiger partial charge in [-0.25, -0.2) is 9.97 Å². The summed E-state index contributed by atoms with van der Waals surface area (Å²) in [6.07, 6.45) is 8.65. The Balaban J connectivity index is 1.24. The van der Waals surface area contributed by atoms with Gasteiger partial charge < -0.3 is 15.5 Å². The van der Waals surface area contributed by atoms with Crippen LogP contribution < -0.4 is 10.6 Å². The molecule has 1 saturated heterocycles. The van der Waals surface area contributed by atoms with Crippen molar-refractivity contribution < 1.29 is 4.79 Å². The number of amides is 1. The molecule has 0 atom stereocenters. The number of pyridine rings is 1. The fraction of sp³-hybridized carbons (Fsp3) is 0.241. The standard InChI is InChI=1S/C29H29ClN6O/c1-36-15-11-21(12-16-36)17-20-4-6-22(7-5-20)28(37)33-24-8-9-25(30)27(18-24)35-29-32-14-10-26(34-29)23-3-2-13-31-19-23/h2-10,13-14,18-19,21H,11-12,15-17H2,1H3,(H,33,37)(H,32,34,35). The number of hydrogen-bond donors (Lipinski definition) is 2. The summed E-state index contributed by atoms with van der Waals surface area (Å²) in [5.41, 5.74) is 4.73. The second-order valence-electron chi connectivity index (χ2n) is 9.43. The van der Waals surface area contributed by atoms with E-state index in [1.54, 1.807) is 36.8 Å². The Morgan fingerprint density at radius 2 is 1.86 bits per heavy atom. The van der Waals surface area contributed by atoms with Crippen LogP contribution in [0.15, 0.2) is 79.3 Å². The lowest BCUT2D eigenvalue weighted by Crippen LogP contribution is -2.30. The SMILES string of the molecule is CN1CCC(Cc2ccc(C(=O)Nc3ccc(Cl)c(Nc4nccc(-c5cccnc5)n4)c3)cc2)CC1. The molecule has 7 nitrogen and oxygen atoms in total. The molecule has 0 radical (unpaired) electrons. The van der Waals surface area contributed by atoms with Crippen LogP contribution in [0.1, 0.15) is 28.8 Å². The molecule has 8 heteroatoms. The van der Waals surface area contributed by atoms with Gasteiger partial charge in [-0.1, -0.05) is 23.7 Å². The maximum Gasteiger partial charge on any atom is 0.255 e. The fourth-order valence-corrected chi connectivity index (χ4v) is 4.67. The summed E-state index contributed by atoms with van der Waals surface area (Å²) in [6.45, 7) is 2.32. The lowest BCUT2D eigenvalue weighted by atomic mass is 9.90. The van der Waals surface area contributed by atoms with Crippen molar-refractivity contribution in [1.29, 1.82) is 0 Å². The number of carbonyl (C=O) groups is 1. The number of halogens is 1. The molecule has 37 heavy (non-hydrogen) atoms. The van der Waals surface area contributed by atoms with E-state index in [0.717, 1.165) is 30.8 Å². The molecule has 3 heterocycles. The van der Waals surface area contributed by atoms with E-state index in [0.29, 0.717) is 33.8 Å². The zero-order valence-corrected chi connectivity index (χ0v) is 21.4. The van der Waals surface area contributed by atoms with Gasteiger partial charge in [0.15, 0.2) is 0 Å². The van der Waals surface area contributed by atoms with Gasteiger partial charge in [0.2, 0.25) is 5.95 Å². The fourth-order valence-electron chi connectivity index (χ4n) is 4.51. The summed E-state index contributed by atoms with van der Waals surface area (Å²) in [6, 6.07) is 18.8. The first-order valence-corrected chi connectivity index (χ1v) is 12.8. The Hall–Kier alpha value is -3.81. The van der Waals surface area contributed by atoms with Crippen molar-refractivity contribution in [3.05, 3.63) is 95.4 Å². The molecule has 0 bridgehead atoms. The first kappa shape index (κ1) is 24.9. The third kappa shape index (κ3) is 6.50. The van der Waals surface area contributed by atoms with E-state index in [2.05, 4.69) is 49.7 Å². The molecular formula is C29H29ClN6O. The molecule has 0 saturated carbocycles. The molecular weight excluding hydrogens is 484 g/mol. The molecule has 5 rings (SSSR count). The number of piperidine rings is 1. The topological polar surface area (TPSA) is 83.0 Å².